The van der Waals surface area contributed by atoms with E-state index in [1.807, 2.05) is 0 Å². The Balaban J connectivity index is 1.64. The van der Waals surface area contributed by atoms with Crippen molar-refractivity contribution in [3.05, 3.63) is 81.4 Å². The molecule has 0 saturated heterocycles. The Morgan fingerprint density at radius 1 is 1.25 bits per heavy atom. The highest BCUT2D eigenvalue weighted by Gasteiger charge is 2.37. The summed E-state index contributed by atoms with van der Waals surface area (Å²) in [4.78, 5) is 30.0. The number of ether oxygens (including phenoxy) is 1. The van der Waals surface area contributed by atoms with Gasteiger partial charge in [-0.25, -0.2) is 4.98 Å². The SMILES string of the molecule is COc1ccccc1NC(=O)C1=C(C)NC(SCC(=O)Nc2nccs2)=C(C#N)[C@H]1c1ccc(C)o1. The maximum atomic E-state index is 13.5. The van der Waals surface area contributed by atoms with E-state index >= 15 is 0 Å². The number of nitrogens with one attached hydrogen (secondary N) is 3. The Morgan fingerprint density at radius 3 is 2.72 bits per heavy atom. The lowest BCUT2D eigenvalue weighted by molar-refractivity contribution is -0.114. The third-order valence-electron chi connectivity index (χ3n) is 5.32. The predicted octanol–water partition coefficient (Wildman–Crippen LogP) is 4.76. The smallest absolute Gasteiger partial charge is 0.254 e. The number of thioether (sulfide) groups is 1. The van der Waals surface area contributed by atoms with Gasteiger partial charge in [0.1, 0.15) is 17.3 Å². The second kappa shape index (κ2) is 11.2. The zero-order chi connectivity index (χ0) is 25.7. The van der Waals surface area contributed by atoms with Gasteiger partial charge in [0.2, 0.25) is 5.91 Å². The fraction of sp³-hybridized carbons (Fsp3) is 0.200. The van der Waals surface area contributed by atoms with Crippen LogP contribution in [0.25, 0.3) is 0 Å². The van der Waals surface area contributed by atoms with Crippen molar-refractivity contribution >= 4 is 45.7 Å². The summed E-state index contributed by atoms with van der Waals surface area (Å²) in [6.07, 6.45) is 1.61. The molecule has 36 heavy (non-hydrogen) atoms. The Labute approximate surface area is 216 Å². The summed E-state index contributed by atoms with van der Waals surface area (Å²) in [5.74, 6) is 0.254. The van der Waals surface area contributed by atoms with Crippen LogP contribution in [-0.2, 0) is 9.59 Å². The number of aryl methyl sites for hydroxylation is 1. The van der Waals surface area contributed by atoms with E-state index in [0.29, 0.717) is 44.4 Å². The highest BCUT2D eigenvalue weighted by atomic mass is 32.2. The third kappa shape index (κ3) is 5.45. The summed E-state index contributed by atoms with van der Waals surface area (Å²) in [7, 11) is 1.52. The van der Waals surface area contributed by atoms with Gasteiger partial charge in [0, 0.05) is 17.3 Å². The van der Waals surface area contributed by atoms with Gasteiger partial charge in [-0.1, -0.05) is 23.9 Å². The van der Waals surface area contributed by atoms with E-state index in [-0.39, 0.29) is 17.2 Å². The zero-order valence-electron chi connectivity index (χ0n) is 19.7. The number of nitriles is 1. The van der Waals surface area contributed by atoms with Crippen LogP contribution in [-0.4, -0.2) is 29.7 Å². The number of amides is 2. The van der Waals surface area contributed by atoms with Crippen molar-refractivity contribution < 1.29 is 18.7 Å². The van der Waals surface area contributed by atoms with Gasteiger partial charge in [-0.05, 0) is 38.1 Å². The zero-order valence-corrected chi connectivity index (χ0v) is 21.4. The number of para-hydroxylation sites is 2. The van der Waals surface area contributed by atoms with Crippen LogP contribution < -0.4 is 20.7 Å². The van der Waals surface area contributed by atoms with Gasteiger partial charge in [-0.15, -0.1) is 11.3 Å². The molecule has 0 aliphatic carbocycles. The maximum absolute atomic E-state index is 13.5. The van der Waals surface area contributed by atoms with E-state index < -0.39 is 11.8 Å². The first kappa shape index (κ1) is 25.1. The number of rotatable bonds is 8. The molecular formula is C25H23N5O4S2. The number of carbonyl (C=O) groups excluding carboxylic acids is 2. The van der Waals surface area contributed by atoms with Crippen molar-refractivity contribution in [2.24, 2.45) is 0 Å². The number of benzene rings is 1. The number of hydrogen-bond acceptors (Lipinski definition) is 9. The minimum absolute atomic E-state index is 0.0486. The molecule has 0 fully saturated rings. The quantitative estimate of drug-likeness (QED) is 0.387. The molecule has 0 radical (unpaired) electrons. The Bertz CT molecular complexity index is 1390. The molecule has 0 spiro atoms. The normalized spacial score (nSPS) is 15.2. The molecule has 11 heteroatoms. The number of furan rings is 1. The lowest BCUT2D eigenvalue weighted by Crippen LogP contribution is -2.31. The van der Waals surface area contributed by atoms with Crippen molar-refractivity contribution in [3.8, 4) is 11.8 Å². The molecule has 1 aliphatic rings. The Morgan fingerprint density at radius 2 is 2.06 bits per heavy atom. The largest absolute Gasteiger partial charge is 0.495 e. The van der Waals surface area contributed by atoms with Gasteiger partial charge in [0.25, 0.3) is 5.91 Å². The number of dihydropyridines is 1. The number of nitrogens with zero attached hydrogens (tertiary/aromatic N) is 2. The number of methoxy groups -OCH3 is 1. The number of anilines is 2. The average molecular weight is 522 g/mol. The minimum atomic E-state index is -0.760. The summed E-state index contributed by atoms with van der Waals surface area (Å²) in [5.41, 5.74) is 1.67. The second-order valence-electron chi connectivity index (χ2n) is 7.73. The van der Waals surface area contributed by atoms with Gasteiger partial charge in [-0.3, -0.25) is 9.59 Å². The molecule has 3 N–H and O–H groups in total. The second-order valence-corrected chi connectivity index (χ2v) is 9.61. The highest BCUT2D eigenvalue weighted by molar-refractivity contribution is 8.03. The maximum Gasteiger partial charge on any atom is 0.254 e. The summed E-state index contributed by atoms with van der Waals surface area (Å²) >= 11 is 2.50. The number of aromatic nitrogens is 1. The first-order chi connectivity index (χ1) is 17.4. The third-order valence-corrected chi connectivity index (χ3v) is 7.02. The molecular weight excluding hydrogens is 498 g/mol. The first-order valence-electron chi connectivity index (χ1n) is 10.9. The summed E-state index contributed by atoms with van der Waals surface area (Å²) in [5, 5.41) is 21.7. The fourth-order valence-corrected chi connectivity index (χ4v) is 5.17. The molecule has 1 aliphatic heterocycles. The Hall–Kier alpha value is -4.01. The van der Waals surface area contributed by atoms with Gasteiger partial charge in [0.15, 0.2) is 5.13 Å². The molecule has 0 saturated carbocycles. The number of carbonyl (C=O) groups is 2. The summed E-state index contributed by atoms with van der Waals surface area (Å²) in [6, 6.07) is 12.8. The van der Waals surface area contributed by atoms with Crippen LogP contribution in [0.3, 0.4) is 0 Å². The summed E-state index contributed by atoms with van der Waals surface area (Å²) < 4.78 is 11.2. The predicted molar refractivity (Wildman–Crippen MR) is 139 cm³/mol. The molecule has 1 aromatic carbocycles. The molecule has 3 heterocycles. The van der Waals surface area contributed by atoms with Crippen LogP contribution >= 0.6 is 23.1 Å². The summed E-state index contributed by atoms with van der Waals surface area (Å²) in [6.45, 7) is 3.55. The van der Waals surface area contributed by atoms with Gasteiger partial charge in [0.05, 0.1) is 46.7 Å². The first-order valence-corrected chi connectivity index (χ1v) is 12.7. The van der Waals surface area contributed by atoms with Crippen molar-refractivity contribution in [3.63, 3.8) is 0 Å². The molecule has 3 aromatic rings. The van der Waals surface area contributed by atoms with Crippen molar-refractivity contribution in [1.82, 2.24) is 10.3 Å². The number of allylic oxidation sites excluding steroid dienone is 2. The van der Waals surface area contributed by atoms with Crippen molar-refractivity contribution in [1.29, 1.82) is 5.26 Å². The van der Waals surface area contributed by atoms with E-state index in [9.17, 15) is 14.9 Å². The van der Waals surface area contributed by atoms with Crippen LogP contribution in [0.4, 0.5) is 10.8 Å². The monoisotopic (exact) mass is 521 g/mol. The molecule has 2 aromatic heterocycles. The molecule has 0 unspecified atom stereocenters. The highest BCUT2D eigenvalue weighted by Crippen LogP contribution is 2.41. The van der Waals surface area contributed by atoms with Crippen LogP contribution in [0, 0.1) is 18.3 Å². The molecule has 0 bridgehead atoms. The lowest BCUT2D eigenvalue weighted by atomic mass is 9.85. The molecule has 184 valence electrons. The number of hydrogen-bond donors (Lipinski definition) is 3. The molecule has 4 rings (SSSR count). The van der Waals surface area contributed by atoms with Gasteiger partial charge < -0.3 is 25.1 Å². The standard InChI is InChI=1S/C25H23N5O4S2/c1-14-8-9-19(34-14)22-16(12-26)24(36-13-20(31)30-25-27-10-11-35-25)28-15(2)21(22)23(32)29-17-6-4-5-7-18(17)33-3/h4-11,22,28H,13H2,1-3H3,(H,29,32)(H,27,30,31)/t22-/m0/s1. The van der Waals surface area contributed by atoms with E-state index in [2.05, 4.69) is 27.0 Å². The van der Waals surface area contributed by atoms with Gasteiger partial charge in [-0.2, -0.15) is 5.26 Å². The molecule has 1 atom stereocenters. The van der Waals surface area contributed by atoms with Crippen LogP contribution in [0.5, 0.6) is 5.75 Å². The molecule has 2 amide bonds. The van der Waals surface area contributed by atoms with Crippen molar-refractivity contribution in [2.75, 3.05) is 23.5 Å². The van der Waals surface area contributed by atoms with E-state index in [0.717, 1.165) is 0 Å². The van der Waals surface area contributed by atoms with Crippen molar-refractivity contribution in [2.45, 2.75) is 19.8 Å². The van der Waals surface area contributed by atoms with Crippen LogP contribution in [0.15, 0.2) is 74.3 Å². The van der Waals surface area contributed by atoms with E-state index in [1.54, 1.807) is 61.8 Å². The Kier molecular flexibility index (Phi) is 7.77. The van der Waals surface area contributed by atoms with Crippen LogP contribution in [0.1, 0.15) is 24.4 Å². The number of thiazole rings is 1. The van der Waals surface area contributed by atoms with Crippen LogP contribution in [0.2, 0.25) is 0 Å². The fourth-order valence-electron chi connectivity index (χ4n) is 3.74. The van der Waals surface area contributed by atoms with E-state index in [1.165, 1.54) is 30.2 Å². The van der Waals surface area contributed by atoms with E-state index in [4.69, 9.17) is 9.15 Å². The lowest BCUT2D eigenvalue weighted by Gasteiger charge is -2.28. The molecule has 9 nitrogen and oxygen atoms in total. The average Bonchev–Trinajstić information content (AvgIpc) is 3.54. The minimum Gasteiger partial charge on any atom is -0.495 e. The topological polar surface area (TPSA) is 129 Å². The van der Waals surface area contributed by atoms with Gasteiger partial charge >= 0.3 is 0 Å².